The minimum atomic E-state index is -3.29. The van der Waals surface area contributed by atoms with Gasteiger partial charge in [0.25, 0.3) is 0 Å². The van der Waals surface area contributed by atoms with Crippen LogP contribution >= 0.6 is 81.0 Å². The van der Waals surface area contributed by atoms with Crippen molar-refractivity contribution in [3.63, 3.8) is 0 Å². The predicted octanol–water partition coefficient (Wildman–Crippen LogP) is 4.47. The van der Waals surface area contributed by atoms with Crippen molar-refractivity contribution < 1.29 is 9.21 Å². The molecule has 0 bridgehead atoms. The van der Waals surface area contributed by atoms with Crippen molar-refractivity contribution in [1.29, 1.82) is 0 Å². The van der Waals surface area contributed by atoms with Gasteiger partial charge in [0.2, 0.25) is 0 Å². The number of rotatable bonds is 0. The fourth-order valence-electron chi connectivity index (χ4n) is 0. The molecule has 0 aromatic heterocycles. The van der Waals surface area contributed by atoms with Gasteiger partial charge in [-0.3, -0.25) is 0 Å². The molecule has 8 heavy (non-hydrogen) atoms. The molecule has 0 aliphatic rings. The molecule has 61 valence electrons. The molecule has 0 saturated carbocycles. The van der Waals surface area contributed by atoms with Crippen molar-refractivity contribution in [2.24, 2.45) is 0 Å². The summed E-state index contributed by atoms with van der Waals surface area (Å²) in [5.41, 5.74) is 0. The second-order valence-corrected chi connectivity index (χ2v) is 158. The third kappa shape index (κ3) is 56.2. The largest absolute Gasteiger partial charge is 1.00 e. The van der Waals surface area contributed by atoms with Crippen LogP contribution in [0.4, 0.5) is 0 Å². The molecule has 0 saturated heterocycles. The third-order valence-electron chi connectivity index (χ3n) is 0. The molecule has 0 unspecified atom stereocenters. The minimum Gasteiger partial charge on any atom is 1.00 e. The van der Waals surface area contributed by atoms with Gasteiger partial charge in [0.05, 0.1) is 0 Å². The Morgan fingerprint density at radius 2 is 0.750 bits per heavy atom. The summed E-state index contributed by atoms with van der Waals surface area (Å²) >= 11 is 20.1. The van der Waals surface area contributed by atoms with Crippen LogP contribution in [0.25, 0.3) is 0 Å². The van der Waals surface area contributed by atoms with Crippen LogP contribution in [0, 0.1) is 0 Å². The van der Waals surface area contributed by atoms with Crippen molar-refractivity contribution in [3.8, 4) is 0 Å². The summed E-state index contributed by atoms with van der Waals surface area (Å²) in [5, 5.41) is 0. The first-order valence-corrected chi connectivity index (χ1v) is 32.2. The molecule has 8 heteroatoms. The van der Waals surface area contributed by atoms with Gasteiger partial charge in [0.1, 0.15) is 0 Å². The average Bonchev–Trinajstić information content (AvgIpc) is 0.592. The van der Waals surface area contributed by atoms with Gasteiger partial charge < -0.3 is 5.48 Å². The molecule has 0 radical (unpaired) electrons. The molecule has 0 aliphatic carbocycles. The Labute approximate surface area is 88.2 Å². The van der Waals surface area contributed by atoms with Crippen molar-refractivity contribution >= 4 is 81.0 Å². The molecule has 0 aromatic carbocycles. The Bertz CT molecular complexity index is 74.3. The summed E-state index contributed by atoms with van der Waals surface area (Å²) in [4.78, 5) is 0. The van der Waals surface area contributed by atoms with E-state index >= 15 is 0 Å². The van der Waals surface area contributed by atoms with Crippen LogP contribution in [0.1, 0.15) is 2.85 Å². The molecule has 0 atom stereocenters. The van der Waals surface area contributed by atoms with Gasteiger partial charge in [-0.2, -0.15) is 0 Å². The molecule has 0 amide bonds. The molecule has 2 N–H and O–H groups in total. The SMILES string of the molecule is O.[Br][Ir-2]([Br])([Br])([Br])([Br])[Br].[H+].[H+]. The number of hydrogen-bond donors (Lipinski definition) is 0. The summed E-state index contributed by atoms with van der Waals surface area (Å²) in [6, 6.07) is 0. The zero-order chi connectivity index (χ0) is 6.41. The molecule has 0 heterocycles. The van der Waals surface area contributed by atoms with Gasteiger partial charge in [-0.25, -0.2) is 0 Å². The van der Waals surface area contributed by atoms with E-state index < -0.39 is 0.881 Å². The number of halogens is 6. The van der Waals surface area contributed by atoms with Gasteiger partial charge in [-0.05, 0) is 0 Å². The van der Waals surface area contributed by atoms with Crippen LogP contribution < -0.4 is 0 Å². The Balaban J connectivity index is -0.0000000600. The van der Waals surface area contributed by atoms with E-state index in [1.165, 1.54) is 0 Å². The van der Waals surface area contributed by atoms with Gasteiger partial charge in [0, 0.05) is 0 Å². The van der Waals surface area contributed by atoms with E-state index in [1.54, 1.807) is 0 Å². The average molecular weight is 692 g/mol. The summed E-state index contributed by atoms with van der Waals surface area (Å²) in [5.74, 6) is 0. The summed E-state index contributed by atoms with van der Waals surface area (Å²) in [7, 11) is 0. The van der Waals surface area contributed by atoms with Gasteiger partial charge >= 0.3 is 84.7 Å². The van der Waals surface area contributed by atoms with Crippen molar-refractivity contribution in [3.05, 3.63) is 0 Å². The Kier molecular flexibility index (Phi) is 4.85. The van der Waals surface area contributed by atoms with Gasteiger partial charge in [-0.15, -0.1) is 0 Å². The molecule has 0 aliphatic heterocycles. The van der Waals surface area contributed by atoms with Crippen molar-refractivity contribution in [2.75, 3.05) is 0 Å². The Morgan fingerprint density at radius 3 is 0.750 bits per heavy atom. The first kappa shape index (κ1) is 14.0. The van der Waals surface area contributed by atoms with Crippen LogP contribution in [0.15, 0.2) is 0 Å². The second-order valence-electron chi connectivity index (χ2n) is 0.714. The first-order valence-electron chi connectivity index (χ1n) is 0.756. The summed E-state index contributed by atoms with van der Waals surface area (Å²) in [6.45, 7) is 0. The van der Waals surface area contributed by atoms with Gasteiger partial charge in [0.15, 0.2) is 0 Å². The van der Waals surface area contributed by atoms with E-state index in [4.69, 9.17) is 0 Å². The Morgan fingerprint density at radius 1 is 0.750 bits per heavy atom. The van der Waals surface area contributed by atoms with E-state index in [9.17, 15) is 0 Å². The quantitative estimate of drug-likeness (QED) is 0.360. The Hall–Kier alpha value is 3.49. The molecule has 0 aromatic rings. The first-order chi connectivity index (χ1) is 2.45. The van der Waals surface area contributed by atoms with Crippen LogP contribution in [-0.4, -0.2) is 5.48 Å². The number of hydrogen-bond acceptors (Lipinski definition) is 0. The second kappa shape index (κ2) is 2.76. The fourth-order valence-corrected chi connectivity index (χ4v) is 0. The summed E-state index contributed by atoms with van der Waals surface area (Å²) in [6.07, 6.45) is 0. The zero-order valence-electron chi connectivity index (χ0n) is 5.10. The molecular formula is H4Br6IrO. The van der Waals surface area contributed by atoms with Crippen LogP contribution in [0.3, 0.4) is 0 Å². The smallest absolute Gasteiger partial charge is 1.00 e. The zero-order valence-corrected chi connectivity index (χ0v) is 15.0. The maximum absolute atomic E-state index is 3.35. The molecule has 1 nitrogen and oxygen atoms in total. The maximum Gasteiger partial charge on any atom is 1.00 e. The normalized spacial score (nSPS) is 20.2. The molecule has 0 spiro atoms. The van der Waals surface area contributed by atoms with Crippen LogP contribution in [0.5, 0.6) is 0 Å². The molecular weight excluding hydrogens is 688 g/mol. The summed E-state index contributed by atoms with van der Waals surface area (Å²) < 4.78 is -3.29. The van der Waals surface area contributed by atoms with Gasteiger partial charge in [-0.1, -0.05) is 0 Å². The van der Waals surface area contributed by atoms with Crippen molar-refractivity contribution in [2.45, 2.75) is 0 Å². The van der Waals surface area contributed by atoms with E-state index in [0.29, 0.717) is 0 Å². The monoisotopic (exact) mass is 686 g/mol. The van der Waals surface area contributed by atoms with E-state index in [0.717, 1.165) is 0 Å². The van der Waals surface area contributed by atoms with Crippen LogP contribution in [-0.2, 0) is 0.881 Å². The maximum atomic E-state index is 3.35. The van der Waals surface area contributed by atoms with E-state index in [1.807, 2.05) is 0 Å². The standard InChI is InChI=1S/6BrH.Ir.H2O/h6*1H;;1H2/q;;;;;;+4;/p-4. The molecule has 0 fully saturated rings. The van der Waals surface area contributed by atoms with Crippen molar-refractivity contribution in [1.82, 2.24) is 0 Å². The predicted molar refractivity (Wildman–Crippen MR) is 59.4 cm³/mol. The van der Waals surface area contributed by atoms with E-state index in [-0.39, 0.29) is 8.33 Å². The van der Waals surface area contributed by atoms with Crippen LogP contribution in [0.2, 0.25) is 0 Å². The topological polar surface area (TPSA) is 31.5 Å². The molecule has 0 rings (SSSR count). The fraction of sp³-hybridized carbons (Fsp3) is 0. The third-order valence-corrected chi connectivity index (χ3v) is 0. The minimum absolute atomic E-state index is 0. The van der Waals surface area contributed by atoms with E-state index in [2.05, 4.69) is 81.0 Å².